The van der Waals surface area contributed by atoms with Crippen molar-refractivity contribution in [1.82, 2.24) is 4.90 Å². The van der Waals surface area contributed by atoms with Crippen LogP contribution in [0.25, 0.3) is 0 Å². The fraction of sp³-hybridized carbons (Fsp3) is 0.455. The molecule has 1 heterocycles. The highest BCUT2D eigenvalue weighted by atomic mass is 16.5. The van der Waals surface area contributed by atoms with E-state index in [2.05, 4.69) is 23.1 Å². The average Bonchev–Trinajstić information content (AvgIpc) is 2.68. The first-order valence-corrected chi connectivity index (χ1v) is 9.40. The van der Waals surface area contributed by atoms with Crippen molar-refractivity contribution < 1.29 is 14.6 Å². The number of rotatable bonds is 7. The summed E-state index contributed by atoms with van der Waals surface area (Å²) in [5, 5.41) is 9.75. The van der Waals surface area contributed by atoms with Gasteiger partial charge in [-0.3, -0.25) is 4.90 Å². The van der Waals surface area contributed by atoms with Crippen LogP contribution in [-0.2, 0) is 13.2 Å². The Morgan fingerprint density at radius 1 is 1.12 bits per heavy atom. The van der Waals surface area contributed by atoms with E-state index in [1.807, 2.05) is 37.3 Å². The number of hydrogen-bond donors (Lipinski definition) is 1. The van der Waals surface area contributed by atoms with Gasteiger partial charge in [0.25, 0.3) is 0 Å². The molecule has 0 saturated carbocycles. The summed E-state index contributed by atoms with van der Waals surface area (Å²) < 4.78 is 11.5. The molecule has 0 aromatic heterocycles. The monoisotopic (exact) mass is 355 g/mol. The highest BCUT2D eigenvalue weighted by Crippen LogP contribution is 2.28. The van der Waals surface area contributed by atoms with E-state index in [1.54, 1.807) is 7.11 Å². The maximum Gasteiger partial charge on any atom is 0.127 e. The summed E-state index contributed by atoms with van der Waals surface area (Å²) in [4.78, 5) is 2.43. The second kappa shape index (κ2) is 9.06. The summed E-state index contributed by atoms with van der Waals surface area (Å²) in [5.41, 5.74) is 2.33. The molecule has 0 aliphatic carbocycles. The van der Waals surface area contributed by atoms with Gasteiger partial charge in [0.05, 0.1) is 13.2 Å². The molecule has 1 fully saturated rings. The molecule has 3 rings (SSSR count). The number of ether oxygens (including phenoxy) is 2. The largest absolute Gasteiger partial charge is 0.496 e. The Bertz CT molecular complexity index is 679. The lowest BCUT2D eigenvalue weighted by Crippen LogP contribution is -2.36. The molecule has 4 nitrogen and oxygen atoms in total. The summed E-state index contributed by atoms with van der Waals surface area (Å²) in [6, 6.07) is 16.2. The van der Waals surface area contributed by atoms with Crippen LogP contribution >= 0.6 is 0 Å². The Kier molecular flexibility index (Phi) is 6.53. The number of aliphatic hydroxyl groups excluding tert-OH is 1. The second-order valence-electron chi connectivity index (χ2n) is 7.10. The Balaban J connectivity index is 1.58. The lowest BCUT2D eigenvalue weighted by molar-refractivity contribution is 0.0693. The lowest BCUT2D eigenvalue weighted by atomic mass is 9.92. The third kappa shape index (κ3) is 4.99. The van der Waals surface area contributed by atoms with Gasteiger partial charge in [-0.1, -0.05) is 36.4 Å². The van der Waals surface area contributed by atoms with Crippen LogP contribution in [0, 0.1) is 5.92 Å². The van der Waals surface area contributed by atoms with Gasteiger partial charge in [-0.25, -0.2) is 0 Å². The highest BCUT2D eigenvalue weighted by molar-refractivity contribution is 5.41. The summed E-state index contributed by atoms with van der Waals surface area (Å²) in [5.74, 6) is 2.12. The van der Waals surface area contributed by atoms with E-state index in [1.165, 1.54) is 5.56 Å². The summed E-state index contributed by atoms with van der Waals surface area (Å²) in [7, 11) is 1.71. The molecule has 140 valence electrons. The van der Waals surface area contributed by atoms with Crippen molar-refractivity contribution in [3.63, 3.8) is 0 Å². The fourth-order valence-corrected chi connectivity index (χ4v) is 3.52. The van der Waals surface area contributed by atoms with Gasteiger partial charge in [0.15, 0.2) is 0 Å². The van der Waals surface area contributed by atoms with Crippen LogP contribution < -0.4 is 9.47 Å². The van der Waals surface area contributed by atoms with Gasteiger partial charge >= 0.3 is 0 Å². The molecular formula is C22H29NO3. The molecule has 1 aliphatic heterocycles. The number of methoxy groups -OCH3 is 1. The Morgan fingerprint density at radius 3 is 2.50 bits per heavy atom. The Morgan fingerprint density at radius 2 is 1.85 bits per heavy atom. The average molecular weight is 355 g/mol. The first kappa shape index (κ1) is 18.7. The number of nitrogens with zero attached hydrogens (tertiary/aromatic N) is 1. The molecule has 0 radical (unpaired) electrons. The van der Waals surface area contributed by atoms with Gasteiger partial charge in [0.2, 0.25) is 0 Å². The standard InChI is InChI=1S/C22H29NO3/c1-17(24)19-10-12-23(13-11-19)15-20-8-9-21(14-22(20)25-2)26-16-18-6-4-3-5-7-18/h3-9,14,17,19,24H,10-13,15-16H2,1-2H3. The van der Waals surface area contributed by atoms with Crippen LogP contribution in [0.1, 0.15) is 30.9 Å². The molecule has 1 aliphatic rings. The summed E-state index contributed by atoms with van der Waals surface area (Å²) >= 11 is 0. The molecular weight excluding hydrogens is 326 g/mol. The van der Waals surface area contributed by atoms with Crippen molar-refractivity contribution in [2.24, 2.45) is 5.92 Å². The summed E-state index contributed by atoms with van der Waals surface area (Å²) in [6.07, 6.45) is 1.91. The molecule has 2 aromatic rings. The van der Waals surface area contributed by atoms with E-state index >= 15 is 0 Å². The van der Waals surface area contributed by atoms with E-state index in [0.717, 1.165) is 49.5 Å². The van der Waals surface area contributed by atoms with E-state index in [0.29, 0.717) is 12.5 Å². The molecule has 0 spiro atoms. The zero-order valence-electron chi connectivity index (χ0n) is 15.7. The van der Waals surface area contributed by atoms with Crippen LogP contribution in [0.15, 0.2) is 48.5 Å². The van der Waals surface area contributed by atoms with Crippen molar-refractivity contribution in [3.8, 4) is 11.5 Å². The smallest absolute Gasteiger partial charge is 0.127 e. The number of likely N-dealkylation sites (tertiary alicyclic amines) is 1. The molecule has 1 unspecified atom stereocenters. The third-order valence-corrected chi connectivity index (χ3v) is 5.22. The van der Waals surface area contributed by atoms with E-state index in [4.69, 9.17) is 9.47 Å². The van der Waals surface area contributed by atoms with Crippen molar-refractivity contribution in [3.05, 3.63) is 59.7 Å². The molecule has 1 atom stereocenters. The topological polar surface area (TPSA) is 41.9 Å². The first-order chi connectivity index (χ1) is 12.7. The zero-order chi connectivity index (χ0) is 18.4. The SMILES string of the molecule is COc1cc(OCc2ccccc2)ccc1CN1CCC(C(C)O)CC1. The van der Waals surface area contributed by atoms with Gasteiger partial charge in [0.1, 0.15) is 18.1 Å². The maximum atomic E-state index is 9.75. The third-order valence-electron chi connectivity index (χ3n) is 5.22. The number of benzene rings is 2. The Hall–Kier alpha value is -2.04. The molecule has 26 heavy (non-hydrogen) atoms. The van der Waals surface area contributed by atoms with Crippen molar-refractivity contribution in [2.45, 2.75) is 39.0 Å². The van der Waals surface area contributed by atoms with Crippen LogP contribution in [0.2, 0.25) is 0 Å². The van der Waals surface area contributed by atoms with Crippen LogP contribution in [0.3, 0.4) is 0 Å². The van der Waals surface area contributed by atoms with E-state index < -0.39 is 0 Å². The minimum atomic E-state index is -0.201. The van der Waals surface area contributed by atoms with Crippen molar-refractivity contribution in [2.75, 3.05) is 20.2 Å². The quantitative estimate of drug-likeness (QED) is 0.819. The molecule has 2 aromatic carbocycles. The van der Waals surface area contributed by atoms with Gasteiger partial charge < -0.3 is 14.6 Å². The van der Waals surface area contributed by atoms with Gasteiger partial charge in [-0.05, 0) is 50.4 Å². The number of hydrogen-bond acceptors (Lipinski definition) is 4. The molecule has 0 amide bonds. The highest BCUT2D eigenvalue weighted by Gasteiger charge is 2.23. The van der Waals surface area contributed by atoms with E-state index in [-0.39, 0.29) is 6.10 Å². The predicted molar refractivity (Wildman–Crippen MR) is 103 cm³/mol. The van der Waals surface area contributed by atoms with Gasteiger partial charge in [-0.2, -0.15) is 0 Å². The fourth-order valence-electron chi connectivity index (χ4n) is 3.52. The molecule has 1 saturated heterocycles. The van der Waals surface area contributed by atoms with Gasteiger partial charge in [0, 0.05) is 18.2 Å². The van der Waals surface area contributed by atoms with Crippen molar-refractivity contribution in [1.29, 1.82) is 0 Å². The van der Waals surface area contributed by atoms with Crippen LogP contribution in [0.5, 0.6) is 11.5 Å². The minimum Gasteiger partial charge on any atom is -0.496 e. The number of piperidine rings is 1. The van der Waals surface area contributed by atoms with Gasteiger partial charge in [-0.15, -0.1) is 0 Å². The summed E-state index contributed by atoms with van der Waals surface area (Å²) in [6.45, 7) is 5.36. The second-order valence-corrected chi connectivity index (χ2v) is 7.10. The number of aliphatic hydroxyl groups is 1. The van der Waals surface area contributed by atoms with Crippen LogP contribution in [0.4, 0.5) is 0 Å². The zero-order valence-corrected chi connectivity index (χ0v) is 15.7. The van der Waals surface area contributed by atoms with E-state index in [9.17, 15) is 5.11 Å². The normalized spacial score (nSPS) is 17.0. The molecule has 4 heteroatoms. The maximum absolute atomic E-state index is 9.75. The lowest BCUT2D eigenvalue weighted by Gasteiger charge is -2.33. The van der Waals surface area contributed by atoms with Crippen molar-refractivity contribution >= 4 is 0 Å². The molecule has 1 N–H and O–H groups in total. The first-order valence-electron chi connectivity index (χ1n) is 9.40. The minimum absolute atomic E-state index is 0.201. The van der Waals surface area contributed by atoms with Crippen LogP contribution in [-0.4, -0.2) is 36.3 Å². The predicted octanol–water partition coefficient (Wildman–Crippen LogP) is 3.87. The Labute approximate surface area is 156 Å². The molecule has 0 bridgehead atoms.